The maximum atomic E-state index is 4.56. The number of rotatable bonds is 1. The first-order chi connectivity index (χ1) is 11.9. The van der Waals surface area contributed by atoms with Gasteiger partial charge in [-0.1, -0.05) is 30.3 Å². The van der Waals surface area contributed by atoms with Gasteiger partial charge in [0.2, 0.25) is 0 Å². The quantitative estimate of drug-likeness (QED) is 0.561. The summed E-state index contributed by atoms with van der Waals surface area (Å²) in [5, 5.41) is 5.89. The second kappa shape index (κ2) is 7.25. The lowest BCUT2D eigenvalue weighted by molar-refractivity contribution is 0.587. The van der Waals surface area contributed by atoms with Gasteiger partial charge in [-0.05, 0) is 41.3 Å². The van der Waals surface area contributed by atoms with Crippen LogP contribution in [-0.4, -0.2) is 34.9 Å². The van der Waals surface area contributed by atoms with Crippen molar-refractivity contribution in [2.24, 2.45) is 0 Å². The van der Waals surface area contributed by atoms with Crippen molar-refractivity contribution in [1.82, 2.24) is 14.1 Å². The highest BCUT2D eigenvalue weighted by molar-refractivity contribution is 7.13. The van der Waals surface area contributed by atoms with Crippen molar-refractivity contribution in [3.63, 3.8) is 0 Å². The minimum atomic E-state index is 1.06. The van der Waals surface area contributed by atoms with Crippen LogP contribution in [0.1, 0.15) is 0 Å². The van der Waals surface area contributed by atoms with E-state index in [1.54, 1.807) is 11.5 Å². The van der Waals surface area contributed by atoms with Gasteiger partial charge in [0.15, 0.2) is 0 Å². The van der Waals surface area contributed by atoms with E-state index in [9.17, 15) is 0 Å². The fraction of sp³-hybridized carbons (Fsp3) is 0.222. The summed E-state index contributed by atoms with van der Waals surface area (Å²) < 4.78 is 11.1. The molecule has 4 nitrogen and oxygen atoms in total. The van der Waals surface area contributed by atoms with E-state index in [-0.39, 0.29) is 0 Å². The molecule has 0 aliphatic carbocycles. The minimum absolute atomic E-state index is 1.06. The first-order valence-electron chi connectivity index (χ1n) is 8.01. The Balaban J connectivity index is 0.000000138. The zero-order valence-electron chi connectivity index (χ0n) is 13.2. The maximum Gasteiger partial charge on any atom is 0.150 e. The van der Waals surface area contributed by atoms with Gasteiger partial charge >= 0.3 is 0 Å². The largest absolute Gasteiger partial charge is 0.353 e. The molecule has 1 saturated heterocycles. The number of aromatic nitrogens is 2. The van der Waals surface area contributed by atoms with Crippen molar-refractivity contribution in [3.8, 4) is 0 Å². The van der Waals surface area contributed by atoms with Crippen LogP contribution in [0.15, 0.2) is 54.7 Å². The third kappa shape index (κ3) is 3.26. The molecule has 0 radical (unpaired) electrons. The molecule has 1 N–H and O–H groups in total. The fourth-order valence-electron chi connectivity index (χ4n) is 2.79. The van der Waals surface area contributed by atoms with Crippen LogP contribution in [0.4, 0.5) is 5.82 Å². The highest BCUT2D eigenvalue weighted by Crippen LogP contribution is 2.29. The molecule has 0 amide bonds. The van der Waals surface area contributed by atoms with Crippen LogP contribution in [0.25, 0.3) is 20.2 Å². The molecule has 0 bridgehead atoms. The van der Waals surface area contributed by atoms with Crippen molar-refractivity contribution in [2.75, 3.05) is 31.1 Å². The predicted octanol–water partition coefficient (Wildman–Crippen LogP) is 4.00. The van der Waals surface area contributed by atoms with Gasteiger partial charge in [-0.2, -0.15) is 8.75 Å². The Morgan fingerprint density at radius 2 is 1.62 bits per heavy atom. The van der Waals surface area contributed by atoms with Crippen LogP contribution in [0.2, 0.25) is 0 Å². The number of nitrogens with one attached hydrogen (secondary N) is 1. The Morgan fingerprint density at radius 3 is 2.46 bits per heavy atom. The van der Waals surface area contributed by atoms with Crippen LogP contribution < -0.4 is 10.2 Å². The number of hydrogen-bond acceptors (Lipinski definition) is 6. The van der Waals surface area contributed by atoms with Gasteiger partial charge < -0.3 is 10.2 Å². The SMILES string of the molecule is c1ccc2c(N3CCNCC3)nsc2c1.c1ccc2sncc2c1. The Morgan fingerprint density at radius 1 is 0.875 bits per heavy atom. The number of benzene rings is 2. The van der Waals surface area contributed by atoms with Gasteiger partial charge in [-0.3, -0.25) is 0 Å². The molecule has 122 valence electrons. The second-order valence-corrected chi connectivity index (χ2v) is 7.24. The molecule has 24 heavy (non-hydrogen) atoms. The normalized spacial score (nSPS) is 14.6. The smallest absolute Gasteiger partial charge is 0.150 e. The van der Waals surface area contributed by atoms with Crippen LogP contribution in [-0.2, 0) is 0 Å². The average molecular weight is 355 g/mol. The Hall–Kier alpha value is -2.02. The maximum absolute atomic E-state index is 4.56. The van der Waals surface area contributed by atoms with E-state index in [2.05, 4.69) is 55.4 Å². The molecular weight excluding hydrogens is 336 g/mol. The van der Waals surface area contributed by atoms with E-state index in [4.69, 9.17) is 0 Å². The molecule has 0 atom stereocenters. The molecule has 1 fully saturated rings. The lowest BCUT2D eigenvalue weighted by atomic mass is 10.2. The van der Waals surface area contributed by atoms with Crippen molar-refractivity contribution < 1.29 is 0 Å². The van der Waals surface area contributed by atoms with Gasteiger partial charge in [0.1, 0.15) is 5.82 Å². The van der Waals surface area contributed by atoms with Crippen molar-refractivity contribution in [2.45, 2.75) is 0 Å². The lowest BCUT2D eigenvalue weighted by Gasteiger charge is -2.27. The summed E-state index contributed by atoms with van der Waals surface area (Å²) in [4.78, 5) is 2.37. The monoisotopic (exact) mass is 354 g/mol. The molecule has 2 aromatic heterocycles. The zero-order chi connectivity index (χ0) is 16.2. The third-order valence-corrected chi connectivity index (χ3v) is 5.63. The summed E-state index contributed by atoms with van der Waals surface area (Å²) in [6, 6.07) is 16.7. The van der Waals surface area contributed by atoms with Crippen molar-refractivity contribution >= 4 is 49.1 Å². The van der Waals surface area contributed by atoms with E-state index in [0.717, 1.165) is 32.0 Å². The topological polar surface area (TPSA) is 41.0 Å². The van der Waals surface area contributed by atoms with Gasteiger partial charge in [0.25, 0.3) is 0 Å². The van der Waals surface area contributed by atoms with Crippen LogP contribution in [0.3, 0.4) is 0 Å². The Kier molecular flexibility index (Phi) is 4.69. The summed E-state index contributed by atoms with van der Waals surface area (Å²) in [6.07, 6.45) is 1.89. The molecule has 2 aromatic carbocycles. The van der Waals surface area contributed by atoms with E-state index < -0.39 is 0 Å². The van der Waals surface area contributed by atoms with Crippen molar-refractivity contribution in [3.05, 3.63) is 54.7 Å². The zero-order valence-corrected chi connectivity index (χ0v) is 14.8. The predicted molar refractivity (Wildman–Crippen MR) is 104 cm³/mol. The molecule has 0 spiro atoms. The summed E-state index contributed by atoms with van der Waals surface area (Å²) in [5.74, 6) is 1.16. The number of nitrogens with zero attached hydrogens (tertiary/aromatic N) is 3. The first kappa shape index (κ1) is 15.5. The van der Waals surface area contributed by atoms with Gasteiger partial charge in [-0.15, -0.1) is 0 Å². The van der Waals surface area contributed by atoms with Crippen LogP contribution >= 0.6 is 23.1 Å². The standard InChI is InChI=1S/C11H13N3S.C7H5NS/c1-2-4-10-9(3-1)11(13-15-10)14-7-5-12-6-8-14;1-2-4-7-6(3-1)5-8-9-7/h1-4,12H,5-8H2;1-5H. The van der Waals surface area contributed by atoms with Crippen LogP contribution in [0, 0.1) is 0 Å². The Labute approximate surface area is 149 Å². The highest BCUT2D eigenvalue weighted by atomic mass is 32.1. The van der Waals surface area contributed by atoms with Gasteiger partial charge in [-0.25, -0.2) is 0 Å². The average Bonchev–Trinajstić information content (AvgIpc) is 3.30. The molecule has 5 rings (SSSR count). The number of hydrogen-bond donors (Lipinski definition) is 1. The number of fused-ring (bicyclic) bond motifs is 2. The Bertz CT molecular complexity index is 894. The summed E-state index contributed by atoms with van der Waals surface area (Å²) in [7, 11) is 0. The van der Waals surface area contributed by atoms with Crippen LogP contribution in [0.5, 0.6) is 0 Å². The van der Waals surface area contributed by atoms with Gasteiger partial charge in [0, 0.05) is 43.1 Å². The fourth-order valence-corrected chi connectivity index (χ4v) is 4.23. The molecule has 6 heteroatoms. The first-order valence-corrected chi connectivity index (χ1v) is 9.56. The van der Waals surface area contributed by atoms with E-state index in [1.807, 2.05) is 18.3 Å². The van der Waals surface area contributed by atoms with E-state index >= 15 is 0 Å². The molecular formula is C18H18N4S2. The molecule has 4 aromatic rings. The highest BCUT2D eigenvalue weighted by Gasteiger charge is 2.15. The summed E-state index contributed by atoms with van der Waals surface area (Å²) >= 11 is 3.13. The molecule has 1 aliphatic rings. The van der Waals surface area contributed by atoms with E-state index in [0.29, 0.717) is 0 Å². The van der Waals surface area contributed by atoms with E-state index in [1.165, 1.54) is 31.7 Å². The van der Waals surface area contributed by atoms with Gasteiger partial charge in [0.05, 0.1) is 9.40 Å². The van der Waals surface area contributed by atoms with Crippen molar-refractivity contribution in [1.29, 1.82) is 0 Å². The summed E-state index contributed by atoms with van der Waals surface area (Å²) in [6.45, 7) is 4.25. The number of anilines is 1. The molecule has 0 unspecified atom stereocenters. The second-order valence-electron chi connectivity index (χ2n) is 5.60. The lowest BCUT2D eigenvalue weighted by Crippen LogP contribution is -2.43. The molecule has 0 saturated carbocycles. The summed E-state index contributed by atoms with van der Waals surface area (Å²) in [5.41, 5.74) is 0. The number of piperazine rings is 1. The molecule has 1 aliphatic heterocycles. The minimum Gasteiger partial charge on any atom is -0.353 e. The molecule has 3 heterocycles. The third-order valence-electron chi connectivity index (χ3n) is 4.04.